The maximum Gasteiger partial charge on any atom is 0.264 e. The summed E-state index contributed by atoms with van der Waals surface area (Å²) in [6.07, 6.45) is -0.338. The maximum absolute atomic E-state index is 15.3. The number of nitrogens with zero attached hydrogens (tertiary/aromatic N) is 1. The molecule has 116 valence electrons. The second-order valence-corrected chi connectivity index (χ2v) is 5.53. The molecule has 0 radical (unpaired) electrons. The highest BCUT2D eigenvalue weighted by Gasteiger charge is 2.50. The molecule has 5 heteroatoms. The van der Waals surface area contributed by atoms with E-state index in [0.29, 0.717) is 10.5 Å². The number of aryl methyl sites for hydroxylation is 1. The highest BCUT2D eigenvalue weighted by molar-refractivity contribution is 6.22. The number of amides is 2. The molecule has 0 spiro atoms. The van der Waals surface area contributed by atoms with Gasteiger partial charge in [-0.2, -0.15) is 0 Å². The zero-order valence-electron chi connectivity index (χ0n) is 12.5. The topological polar surface area (TPSA) is 54.5 Å². The molecule has 0 fully saturated rings. The quantitative estimate of drug-likeness (QED) is 0.495. The van der Waals surface area contributed by atoms with Crippen molar-refractivity contribution in [1.82, 2.24) is 4.90 Å². The van der Waals surface area contributed by atoms with Crippen LogP contribution >= 0.6 is 0 Å². The first kappa shape index (κ1) is 15.1. The molecule has 1 atom stereocenters. The first-order valence-electron chi connectivity index (χ1n) is 7.15. The molecule has 1 aliphatic heterocycles. The third-order valence-electron chi connectivity index (χ3n) is 4.05. The third kappa shape index (κ3) is 2.34. The Balaban J connectivity index is 2.02. The molecule has 0 unspecified atom stereocenters. The average molecular weight is 311 g/mol. The van der Waals surface area contributed by atoms with Gasteiger partial charge in [0, 0.05) is 6.42 Å². The van der Waals surface area contributed by atoms with E-state index in [2.05, 4.69) is 0 Å². The highest BCUT2D eigenvalue weighted by Crippen LogP contribution is 2.32. The van der Waals surface area contributed by atoms with Gasteiger partial charge in [0.25, 0.3) is 17.6 Å². The molecule has 4 nitrogen and oxygen atoms in total. The lowest BCUT2D eigenvalue weighted by Crippen LogP contribution is -2.51. The molecular weight excluding hydrogens is 297 g/mol. The van der Waals surface area contributed by atoms with Crippen molar-refractivity contribution in [1.29, 1.82) is 0 Å². The van der Waals surface area contributed by atoms with Crippen LogP contribution < -0.4 is 0 Å². The summed E-state index contributed by atoms with van der Waals surface area (Å²) in [5.41, 5.74) is 1.59. The summed E-state index contributed by atoms with van der Waals surface area (Å²) in [5, 5.41) is 0. The van der Waals surface area contributed by atoms with Crippen LogP contribution in [-0.2, 0) is 11.2 Å². The summed E-state index contributed by atoms with van der Waals surface area (Å²) in [6.45, 7) is 1.78. The van der Waals surface area contributed by atoms with Gasteiger partial charge in [-0.1, -0.05) is 36.4 Å². The predicted molar refractivity (Wildman–Crippen MR) is 81.7 cm³/mol. The SMILES string of the molecule is Cc1ccccc1C[C@](F)(C=O)N1C(=O)c2ccccc2C1=O. The molecule has 3 rings (SSSR count). The standard InChI is InChI=1S/C18H14FNO3/c1-12-6-2-3-7-13(12)10-18(19,11-21)20-16(22)14-8-4-5-9-15(14)17(20)23/h2-9,11H,10H2,1H3/t18-/m1/s1. The zero-order valence-corrected chi connectivity index (χ0v) is 12.5. The second kappa shape index (κ2) is 5.43. The molecular formula is C18H14FNO3. The van der Waals surface area contributed by atoms with Gasteiger partial charge in [0.05, 0.1) is 11.1 Å². The molecule has 0 saturated heterocycles. The van der Waals surface area contributed by atoms with Gasteiger partial charge in [0.2, 0.25) is 0 Å². The van der Waals surface area contributed by atoms with Crippen molar-refractivity contribution in [3.05, 3.63) is 70.8 Å². The molecule has 0 saturated carbocycles. The minimum atomic E-state index is -2.71. The van der Waals surface area contributed by atoms with Gasteiger partial charge >= 0.3 is 0 Å². The molecule has 23 heavy (non-hydrogen) atoms. The fraction of sp³-hybridized carbons (Fsp3) is 0.167. The summed E-state index contributed by atoms with van der Waals surface area (Å²) in [5.74, 6) is -4.28. The second-order valence-electron chi connectivity index (χ2n) is 5.53. The van der Waals surface area contributed by atoms with E-state index in [4.69, 9.17) is 0 Å². The zero-order chi connectivity index (χ0) is 16.6. The number of fused-ring (bicyclic) bond motifs is 1. The van der Waals surface area contributed by atoms with Crippen molar-refractivity contribution < 1.29 is 18.8 Å². The number of aldehydes is 1. The van der Waals surface area contributed by atoms with Crippen molar-refractivity contribution in [2.24, 2.45) is 0 Å². The normalized spacial score (nSPS) is 16.2. The Morgan fingerprint density at radius 2 is 1.52 bits per heavy atom. The number of hydrogen-bond donors (Lipinski definition) is 0. The largest absolute Gasteiger partial charge is 0.298 e. The van der Waals surface area contributed by atoms with E-state index in [-0.39, 0.29) is 23.8 Å². The van der Waals surface area contributed by atoms with Gasteiger partial charge in [-0.25, -0.2) is 9.29 Å². The lowest BCUT2D eigenvalue weighted by Gasteiger charge is -2.28. The molecule has 0 aromatic heterocycles. The van der Waals surface area contributed by atoms with Crippen LogP contribution in [0.3, 0.4) is 0 Å². The number of rotatable bonds is 4. The van der Waals surface area contributed by atoms with Crippen LogP contribution in [0.2, 0.25) is 0 Å². The monoisotopic (exact) mass is 311 g/mol. The van der Waals surface area contributed by atoms with E-state index in [1.54, 1.807) is 43.3 Å². The molecule has 0 aliphatic carbocycles. The Kier molecular flexibility index (Phi) is 3.56. The lowest BCUT2D eigenvalue weighted by atomic mass is 9.99. The van der Waals surface area contributed by atoms with Gasteiger partial charge in [-0.3, -0.25) is 14.4 Å². The minimum Gasteiger partial charge on any atom is -0.298 e. The molecule has 0 N–H and O–H groups in total. The summed E-state index contributed by atoms with van der Waals surface area (Å²) in [4.78, 5) is 36.7. The van der Waals surface area contributed by atoms with Gasteiger partial charge in [-0.05, 0) is 30.2 Å². The summed E-state index contributed by atoms with van der Waals surface area (Å²) in [6, 6.07) is 13.1. The molecule has 2 aromatic rings. The summed E-state index contributed by atoms with van der Waals surface area (Å²) >= 11 is 0. The van der Waals surface area contributed by atoms with Crippen LogP contribution in [0.15, 0.2) is 48.5 Å². The van der Waals surface area contributed by atoms with Gasteiger partial charge in [0.15, 0.2) is 6.29 Å². The van der Waals surface area contributed by atoms with Gasteiger partial charge in [-0.15, -0.1) is 0 Å². The van der Waals surface area contributed by atoms with Gasteiger partial charge in [0.1, 0.15) is 0 Å². The summed E-state index contributed by atoms with van der Waals surface area (Å²) < 4.78 is 15.3. The fourth-order valence-corrected chi connectivity index (χ4v) is 2.78. The molecule has 1 aliphatic rings. The van der Waals surface area contributed by atoms with E-state index in [0.717, 1.165) is 5.56 Å². The maximum atomic E-state index is 15.3. The van der Waals surface area contributed by atoms with E-state index in [1.165, 1.54) is 12.1 Å². The number of carbonyl (C=O) groups is 3. The third-order valence-corrected chi connectivity index (χ3v) is 4.05. The Labute approximate surface area is 132 Å². The average Bonchev–Trinajstić information content (AvgIpc) is 2.82. The first-order valence-corrected chi connectivity index (χ1v) is 7.15. The molecule has 0 bridgehead atoms. The van der Waals surface area contributed by atoms with E-state index in [1.807, 2.05) is 0 Å². The van der Waals surface area contributed by atoms with Gasteiger partial charge < -0.3 is 0 Å². The van der Waals surface area contributed by atoms with Crippen LogP contribution in [0, 0.1) is 6.92 Å². The van der Waals surface area contributed by atoms with Crippen molar-refractivity contribution >= 4 is 18.1 Å². The molecule has 1 heterocycles. The number of halogens is 1. The molecule has 2 amide bonds. The van der Waals surface area contributed by atoms with Crippen molar-refractivity contribution in [2.45, 2.75) is 19.1 Å². The predicted octanol–water partition coefficient (Wildman–Crippen LogP) is 2.70. The van der Waals surface area contributed by atoms with Crippen LogP contribution in [0.1, 0.15) is 31.8 Å². The van der Waals surface area contributed by atoms with E-state index in [9.17, 15) is 14.4 Å². The van der Waals surface area contributed by atoms with Crippen molar-refractivity contribution in [3.8, 4) is 0 Å². The smallest absolute Gasteiger partial charge is 0.264 e. The number of alkyl halides is 1. The van der Waals surface area contributed by atoms with Crippen LogP contribution in [0.25, 0.3) is 0 Å². The highest BCUT2D eigenvalue weighted by atomic mass is 19.1. The number of carbonyl (C=O) groups excluding carboxylic acids is 3. The van der Waals surface area contributed by atoms with Crippen LogP contribution in [-0.4, -0.2) is 28.8 Å². The molecule has 2 aromatic carbocycles. The van der Waals surface area contributed by atoms with Crippen LogP contribution in [0.4, 0.5) is 4.39 Å². The number of imide groups is 1. The summed E-state index contributed by atoms with van der Waals surface area (Å²) in [7, 11) is 0. The lowest BCUT2D eigenvalue weighted by molar-refractivity contribution is -0.125. The Bertz CT molecular complexity index is 782. The van der Waals surface area contributed by atoms with E-state index < -0.39 is 17.6 Å². The van der Waals surface area contributed by atoms with Crippen LogP contribution in [0.5, 0.6) is 0 Å². The van der Waals surface area contributed by atoms with E-state index >= 15 is 4.39 Å². The number of hydrogen-bond acceptors (Lipinski definition) is 3. The minimum absolute atomic E-state index is 0.0289. The number of benzene rings is 2. The Morgan fingerprint density at radius 3 is 2.04 bits per heavy atom. The fourth-order valence-electron chi connectivity index (χ4n) is 2.78. The van der Waals surface area contributed by atoms with Crippen molar-refractivity contribution in [3.63, 3.8) is 0 Å². The Morgan fingerprint density at radius 1 is 1.00 bits per heavy atom. The first-order chi connectivity index (χ1) is 11.0. The Hall–Kier alpha value is -2.82. The van der Waals surface area contributed by atoms with Crippen molar-refractivity contribution in [2.75, 3.05) is 0 Å².